The molecular weight excluding hydrogens is 1000 g/mol. The summed E-state index contributed by atoms with van der Waals surface area (Å²) in [5.41, 5.74) is 11.8. The van der Waals surface area contributed by atoms with Crippen molar-refractivity contribution < 1.29 is 47.9 Å². The van der Waals surface area contributed by atoms with Crippen LogP contribution in [0.5, 0.6) is 0 Å². The van der Waals surface area contributed by atoms with Gasteiger partial charge in [0.1, 0.15) is 42.3 Å². The summed E-state index contributed by atoms with van der Waals surface area (Å²) in [4.78, 5) is 143. The highest BCUT2D eigenvalue weighted by Gasteiger charge is 2.40. The lowest BCUT2D eigenvalue weighted by Gasteiger charge is -2.31. The zero-order chi connectivity index (χ0) is 58.2. The SMILES string of the molecule is CCC[C@H](NC(=O)[C@H](Cc1cccc2ccccc12)NC(=O)[C@@H](CC(C)C)NC(=O)[C@@H](NC(=O)CNC(=O)CN(C)C(C)=O)C(C)C)C(=O)N[C@H](C(=O)N[C@@H](CCCN=C(N)N)C(=O)N1CCC[C@H]1C(=O)NCC)[C@@H](C)CC. The molecule has 0 unspecified atom stereocenters. The molecule has 12 N–H and O–H groups in total. The van der Waals surface area contributed by atoms with Crippen LogP contribution in [0.3, 0.4) is 0 Å². The molecule has 1 heterocycles. The summed E-state index contributed by atoms with van der Waals surface area (Å²) in [5.74, 6) is -6.97. The number of nitrogens with zero attached hydrogens (tertiary/aromatic N) is 3. The number of likely N-dealkylation sites (tertiary alicyclic amines) is 1. The quantitative estimate of drug-likeness (QED) is 0.0282. The van der Waals surface area contributed by atoms with E-state index in [9.17, 15) is 47.9 Å². The molecule has 2 aromatic rings. The summed E-state index contributed by atoms with van der Waals surface area (Å²) < 4.78 is 0. The zero-order valence-corrected chi connectivity index (χ0v) is 47.3. The van der Waals surface area contributed by atoms with Gasteiger partial charge in [0.05, 0.1) is 13.1 Å². The molecule has 2 aromatic carbocycles. The Hall–Kier alpha value is -7.33. The highest BCUT2D eigenvalue weighted by Crippen LogP contribution is 2.22. The highest BCUT2D eigenvalue weighted by molar-refractivity contribution is 5.99. The predicted octanol–water partition coefficient (Wildman–Crippen LogP) is 0.615. The molecule has 0 aliphatic carbocycles. The van der Waals surface area contributed by atoms with Crippen molar-refractivity contribution in [3.05, 3.63) is 48.0 Å². The van der Waals surface area contributed by atoms with Gasteiger partial charge >= 0.3 is 0 Å². The summed E-state index contributed by atoms with van der Waals surface area (Å²) in [6.07, 6.45) is 2.58. The van der Waals surface area contributed by atoms with Crippen molar-refractivity contribution in [2.24, 2.45) is 34.2 Å². The van der Waals surface area contributed by atoms with Crippen LogP contribution in [0, 0.1) is 17.8 Å². The summed E-state index contributed by atoms with van der Waals surface area (Å²) in [6, 6.07) is 5.28. The molecule has 1 aliphatic heterocycles. The fraction of sp³-hybridized carbons (Fsp3) is 0.618. The van der Waals surface area contributed by atoms with E-state index in [1.54, 1.807) is 27.7 Å². The second kappa shape index (κ2) is 32.4. The fourth-order valence-corrected chi connectivity index (χ4v) is 9.06. The lowest BCUT2D eigenvalue weighted by molar-refractivity contribution is -0.142. The van der Waals surface area contributed by atoms with Crippen LogP contribution in [0.2, 0.25) is 0 Å². The van der Waals surface area contributed by atoms with Crippen LogP contribution < -0.4 is 54.0 Å². The van der Waals surface area contributed by atoms with E-state index >= 15 is 0 Å². The summed E-state index contributed by atoms with van der Waals surface area (Å²) >= 11 is 0. The van der Waals surface area contributed by atoms with Gasteiger partial charge < -0.3 is 63.8 Å². The van der Waals surface area contributed by atoms with E-state index in [-0.39, 0.29) is 62.5 Å². The largest absolute Gasteiger partial charge is 0.370 e. The number of hydrogen-bond acceptors (Lipinski definition) is 11. The smallest absolute Gasteiger partial charge is 0.245 e. The number of nitrogens with one attached hydrogen (secondary N) is 8. The van der Waals surface area contributed by atoms with Crippen LogP contribution in [-0.4, -0.2) is 157 Å². The maximum absolute atomic E-state index is 14.8. The normalized spacial score (nSPS) is 15.8. The number of amides is 10. The van der Waals surface area contributed by atoms with Gasteiger partial charge in [0.15, 0.2) is 5.96 Å². The van der Waals surface area contributed by atoms with Gasteiger partial charge in [0, 0.05) is 40.0 Å². The van der Waals surface area contributed by atoms with Crippen LogP contribution in [-0.2, 0) is 54.4 Å². The second-order valence-electron chi connectivity index (χ2n) is 20.9. The molecule has 0 spiro atoms. The van der Waals surface area contributed by atoms with Crippen LogP contribution >= 0.6 is 0 Å². The topological polar surface area (TPSA) is 338 Å². The average molecular weight is 1090 g/mol. The Morgan fingerprint density at radius 1 is 0.705 bits per heavy atom. The van der Waals surface area contributed by atoms with Crippen LogP contribution in [0.1, 0.15) is 119 Å². The van der Waals surface area contributed by atoms with Gasteiger partial charge in [-0.15, -0.1) is 0 Å². The van der Waals surface area contributed by atoms with Crippen molar-refractivity contribution in [1.82, 2.24) is 52.3 Å². The number of benzene rings is 2. The average Bonchev–Trinajstić information content (AvgIpc) is 3.89. The van der Waals surface area contributed by atoms with Crippen molar-refractivity contribution >= 4 is 75.8 Å². The molecule has 0 aromatic heterocycles. The van der Waals surface area contributed by atoms with Gasteiger partial charge in [0.25, 0.3) is 0 Å². The number of nitrogens with two attached hydrogens (primary N) is 2. The van der Waals surface area contributed by atoms with Gasteiger partial charge in [-0.05, 0) is 79.5 Å². The van der Waals surface area contributed by atoms with E-state index in [1.165, 1.54) is 23.8 Å². The number of likely N-dealkylation sites (N-methyl/N-ethyl adjacent to an activating group) is 2. The maximum Gasteiger partial charge on any atom is 0.245 e. The third-order valence-corrected chi connectivity index (χ3v) is 13.7. The molecule has 10 amide bonds. The van der Waals surface area contributed by atoms with E-state index in [4.69, 9.17) is 11.5 Å². The first-order chi connectivity index (χ1) is 36.9. The minimum absolute atomic E-state index is 0.0329. The molecule has 23 nitrogen and oxygen atoms in total. The highest BCUT2D eigenvalue weighted by atomic mass is 16.2. The first-order valence-corrected chi connectivity index (χ1v) is 27.3. The number of aliphatic imine (C=N–C) groups is 1. The van der Waals surface area contributed by atoms with Crippen LogP contribution in [0.25, 0.3) is 10.8 Å². The zero-order valence-electron chi connectivity index (χ0n) is 47.3. The molecule has 78 heavy (non-hydrogen) atoms. The van der Waals surface area contributed by atoms with Gasteiger partial charge in [-0.1, -0.05) is 104 Å². The van der Waals surface area contributed by atoms with Crippen LogP contribution in [0.4, 0.5) is 0 Å². The van der Waals surface area contributed by atoms with E-state index in [0.29, 0.717) is 50.8 Å². The van der Waals surface area contributed by atoms with Crippen LogP contribution in [0.15, 0.2) is 47.5 Å². The first kappa shape index (κ1) is 65.0. The molecule has 1 fully saturated rings. The lowest BCUT2D eigenvalue weighted by Crippen LogP contribution is -2.61. The first-order valence-electron chi connectivity index (χ1n) is 27.3. The number of rotatable bonds is 31. The molecule has 23 heteroatoms. The molecule has 1 aliphatic rings. The standard InChI is InChI=1S/C55H87N13O10/c1-11-19-39(48(72)66-47(34(8)12-2)53(77)62-40(24-17-26-59-55(56)57)54(78)68-27-18-25-43(68)51(75)58-13-3)61-50(74)42(29-37-22-16-21-36-20-14-15-23-38(36)37)63-49(73)41(28-32(4)5)64-52(76)46(33(6)7)65-44(70)30-60-45(71)31-67(10)35(9)69/h14-16,20-23,32-34,39-43,46-47H,11-13,17-19,24-31H2,1-10H3,(H,58,75)(H,60,71)(H,61,74)(H,62,77)(H,63,73)(H,64,76)(H,65,70)(H,66,72)(H4,56,57,59)/t34-,39-,40-,41+,42-,43-,46-,47-/m0/s1. The summed E-state index contributed by atoms with van der Waals surface area (Å²) in [7, 11) is 1.44. The van der Waals surface area contributed by atoms with E-state index in [1.807, 2.05) is 70.2 Å². The summed E-state index contributed by atoms with van der Waals surface area (Å²) in [6.45, 7) is 15.7. The minimum atomic E-state index is -1.30. The van der Waals surface area contributed by atoms with Gasteiger partial charge in [-0.3, -0.25) is 52.9 Å². The molecule has 0 saturated carbocycles. The Labute approximate surface area is 459 Å². The molecule has 0 radical (unpaired) electrons. The Kier molecular flexibility index (Phi) is 27.0. The van der Waals surface area contributed by atoms with Gasteiger partial charge in [-0.25, -0.2) is 0 Å². The Balaban J connectivity index is 1.94. The Bertz CT molecular complexity index is 2420. The number of carbonyl (C=O) groups is 10. The number of guanidine groups is 1. The molecule has 432 valence electrons. The van der Waals surface area contributed by atoms with Crippen molar-refractivity contribution in [3.63, 3.8) is 0 Å². The second-order valence-corrected chi connectivity index (χ2v) is 20.9. The Morgan fingerprint density at radius 2 is 1.32 bits per heavy atom. The van der Waals surface area contributed by atoms with Crippen molar-refractivity contribution in [2.75, 3.05) is 39.8 Å². The minimum Gasteiger partial charge on any atom is -0.370 e. The molecule has 8 atom stereocenters. The molecule has 1 saturated heterocycles. The molecule has 3 rings (SSSR count). The third-order valence-electron chi connectivity index (χ3n) is 13.7. The molecule has 0 bridgehead atoms. The van der Waals surface area contributed by atoms with E-state index < -0.39 is 108 Å². The predicted molar refractivity (Wildman–Crippen MR) is 298 cm³/mol. The van der Waals surface area contributed by atoms with E-state index in [2.05, 4.69) is 47.5 Å². The van der Waals surface area contributed by atoms with Crippen molar-refractivity contribution in [2.45, 2.75) is 162 Å². The van der Waals surface area contributed by atoms with Gasteiger partial charge in [-0.2, -0.15) is 0 Å². The lowest BCUT2D eigenvalue weighted by atomic mass is 9.96. The number of carbonyl (C=O) groups excluding carboxylic acids is 10. The monoisotopic (exact) mass is 1090 g/mol. The van der Waals surface area contributed by atoms with Crippen molar-refractivity contribution in [1.29, 1.82) is 0 Å². The Morgan fingerprint density at radius 3 is 1.95 bits per heavy atom. The number of hydrogen-bond donors (Lipinski definition) is 10. The van der Waals surface area contributed by atoms with E-state index in [0.717, 1.165) is 10.8 Å². The third kappa shape index (κ3) is 20.6. The van der Waals surface area contributed by atoms with Gasteiger partial charge in [0.2, 0.25) is 59.1 Å². The maximum atomic E-state index is 14.8. The fourth-order valence-electron chi connectivity index (χ4n) is 9.06. The van der Waals surface area contributed by atoms with Crippen molar-refractivity contribution in [3.8, 4) is 0 Å². The molecular formula is C55H87N13O10. The summed E-state index contributed by atoms with van der Waals surface area (Å²) in [5, 5.41) is 23.8. The number of fused-ring (bicyclic) bond motifs is 1.